The summed E-state index contributed by atoms with van der Waals surface area (Å²) in [4.78, 5) is 25.8. The molecule has 2 N–H and O–H groups in total. The molecule has 0 fully saturated rings. The normalized spacial score (nSPS) is 15.2. The van der Waals surface area contributed by atoms with Crippen LogP contribution in [-0.4, -0.2) is 37.6 Å². The minimum absolute atomic E-state index is 0.170. The van der Waals surface area contributed by atoms with Gasteiger partial charge in [0.15, 0.2) is 17.2 Å². The Morgan fingerprint density at radius 3 is 2.62 bits per heavy atom. The van der Waals surface area contributed by atoms with Gasteiger partial charge in [-0.05, 0) is 44.6 Å². The number of fused-ring (bicyclic) bond motifs is 1. The third kappa shape index (κ3) is 5.43. The van der Waals surface area contributed by atoms with Gasteiger partial charge >= 0.3 is 15.1 Å². The molecule has 11 heteroatoms. The quantitative estimate of drug-likeness (QED) is 0.283. The summed E-state index contributed by atoms with van der Waals surface area (Å²) in [6.07, 6.45) is 2.67. The topological polar surface area (TPSA) is 119 Å². The molecule has 1 amide bonds. The highest BCUT2D eigenvalue weighted by molar-refractivity contribution is 8.67. The first kappa shape index (κ1) is 21.2. The van der Waals surface area contributed by atoms with Crippen LogP contribution in [0.25, 0.3) is 0 Å². The van der Waals surface area contributed by atoms with Crippen LogP contribution in [0.2, 0.25) is 0 Å². The number of esters is 1. The fourth-order valence-electron chi connectivity index (χ4n) is 2.66. The highest BCUT2D eigenvalue weighted by Crippen LogP contribution is 2.38. The van der Waals surface area contributed by atoms with Crippen LogP contribution in [0.5, 0.6) is 0 Å². The lowest BCUT2D eigenvalue weighted by Crippen LogP contribution is -2.29. The predicted octanol–water partition coefficient (Wildman–Crippen LogP) is 2.99. The van der Waals surface area contributed by atoms with Crippen LogP contribution in [0, 0.1) is 0 Å². The van der Waals surface area contributed by atoms with Crippen molar-refractivity contribution < 1.29 is 31.5 Å². The first-order valence-corrected chi connectivity index (χ1v) is 11.7. The number of nitrogens with one attached hydrogen (secondary N) is 1. The second-order valence-corrected chi connectivity index (χ2v) is 9.57. The van der Waals surface area contributed by atoms with Crippen molar-refractivity contribution in [3.8, 4) is 0 Å². The number of rotatable bonds is 8. The second kappa shape index (κ2) is 9.18. The van der Waals surface area contributed by atoms with Gasteiger partial charge in [0.1, 0.15) is 5.00 Å². The molecule has 0 aromatic carbocycles. The maximum atomic E-state index is 12.4. The number of anilines is 1. The third-order valence-corrected chi connectivity index (χ3v) is 6.23. The van der Waals surface area contributed by atoms with Crippen LogP contribution < -0.4 is 5.32 Å². The lowest BCUT2D eigenvalue weighted by Gasteiger charge is -2.14. The fraction of sp³-hybridized carbons (Fsp3) is 0.600. The Labute approximate surface area is 160 Å². The van der Waals surface area contributed by atoms with Crippen LogP contribution in [0.3, 0.4) is 0 Å². The summed E-state index contributed by atoms with van der Waals surface area (Å²) in [6, 6.07) is 0. The Balaban J connectivity index is 2.22. The van der Waals surface area contributed by atoms with Crippen molar-refractivity contribution >= 4 is 48.4 Å². The van der Waals surface area contributed by atoms with E-state index >= 15 is 0 Å². The van der Waals surface area contributed by atoms with Gasteiger partial charge in [0.05, 0.1) is 12.2 Å². The number of carbonyl (C=O) groups excluding carboxylic acids is 2. The molecular formula is C15H21NO7S3. The third-order valence-electron chi connectivity index (χ3n) is 3.79. The standard InChI is InChI=1S/C15H21NO7S3/c1-3-10(23-25-26(19,20)21)13(17)16-14-12(15(18)22-4-2)9-7-5-6-8-11(9)24-14/h10H,3-8H2,1-2H3,(H,16,17)(H,19,20,21). The average molecular weight is 424 g/mol. The minimum atomic E-state index is -4.42. The van der Waals surface area contributed by atoms with Crippen molar-refractivity contribution in [3.05, 3.63) is 16.0 Å². The van der Waals surface area contributed by atoms with Crippen LogP contribution in [0.15, 0.2) is 0 Å². The average Bonchev–Trinajstić information content (AvgIpc) is 2.92. The molecule has 1 aliphatic carbocycles. The van der Waals surface area contributed by atoms with Crippen molar-refractivity contribution in [1.82, 2.24) is 0 Å². The van der Waals surface area contributed by atoms with E-state index in [1.54, 1.807) is 13.8 Å². The van der Waals surface area contributed by atoms with E-state index in [0.717, 1.165) is 36.1 Å². The first-order chi connectivity index (χ1) is 12.3. The molecule has 26 heavy (non-hydrogen) atoms. The summed E-state index contributed by atoms with van der Waals surface area (Å²) in [6.45, 7) is 3.57. The van der Waals surface area contributed by atoms with E-state index < -0.39 is 27.1 Å². The van der Waals surface area contributed by atoms with Crippen LogP contribution >= 0.6 is 22.4 Å². The van der Waals surface area contributed by atoms with Crippen LogP contribution in [0.4, 0.5) is 5.00 Å². The van der Waals surface area contributed by atoms with E-state index in [9.17, 15) is 18.0 Å². The van der Waals surface area contributed by atoms with Gasteiger partial charge in [-0.1, -0.05) is 6.92 Å². The number of aryl methyl sites for hydroxylation is 1. The lowest BCUT2D eigenvalue weighted by atomic mass is 9.95. The fourth-order valence-corrected chi connectivity index (χ4v) is 4.94. The molecule has 1 atom stereocenters. The van der Waals surface area contributed by atoms with Gasteiger partial charge in [0.25, 0.3) is 5.91 Å². The summed E-state index contributed by atoms with van der Waals surface area (Å²) < 4.78 is 40.3. The monoisotopic (exact) mass is 423 g/mol. The van der Waals surface area contributed by atoms with E-state index in [1.807, 2.05) is 0 Å². The van der Waals surface area contributed by atoms with Gasteiger partial charge in [-0.25, -0.2) is 4.79 Å². The highest BCUT2D eigenvalue weighted by Gasteiger charge is 2.29. The van der Waals surface area contributed by atoms with Gasteiger partial charge in [-0.15, -0.1) is 11.3 Å². The zero-order valence-corrected chi connectivity index (χ0v) is 16.9. The number of amides is 1. The maximum Gasteiger partial charge on any atom is 0.345 e. The maximum absolute atomic E-state index is 12.4. The molecule has 8 nitrogen and oxygen atoms in total. The molecule has 0 bridgehead atoms. The van der Waals surface area contributed by atoms with Crippen LogP contribution in [-0.2, 0) is 35.7 Å². The Morgan fingerprint density at radius 2 is 2.00 bits per heavy atom. The lowest BCUT2D eigenvalue weighted by molar-refractivity contribution is -0.122. The summed E-state index contributed by atoms with van der Waals surface area (Å²) in [5, 5.41) is 3.05. The number of hydrogen-bond donors (Lipinski definition) is 2. The summed E-state index contributed by atoms with van der Waals surface area (Å²) in [5.41, 5.74) is 1.29. The molecule has 1 heterocycles. The Kier molecular flexibility index (Phi) is 7.47. The SMILES string of the molecule is CCOC(=O)c1c(NC(=O)C(CC)OSS(=O)(=O)O)sc2c1CCCC2. The molecule has 1 aromatic heterocycles. The Morgan fingerprint density at radius 1 is 1.31 bits per heavy atom. The summed E-state index contributed by atoms with van der Waals surface area (Å²) in [7, 11) is -4.42. The molecule has 0 saturated heterocycles. The molecule has 1 aliphatic rings. The van der Waals surface area contributed by atoms with Gasteiger partial charge in [0.2, 0.25) is 0 Å². The Hall–Kier alpha value is -1.14. The van der Waals surface area contributed by atoms with E-state index in [2.05, 4.69) is 5.32 Å². The predicted molar refractivity (Wildman–Crippen MR) is 99.9 cm³/mol. The van der Waals surface area contributed by atoms with E-state index in [-0.39, 0.29) is 24.1 Å². The van der Waals surface area contributed by atoms with E-state index in [0.29, 0.717) is 10.6 Å². The zero-order valence-electron chi connectivity index (χ0n) is 14.4. The van der Waals surface area contributed by atoms with Gasteiger partial charge < -0.3 is 10.1 Å². The van der Waals surface area contributed by atoms with Crippen molar-refractivity contribution in [3.63, 3.8) is 0 Å². The van der Waals surface area contributed by atoms with E-state index in [1.165, 1.54) is 11.3 Å². The molecule has 0 spiro atoms. The molecular weight excluding hydrogens is 402 g/mol. The molecule has 146 valence electrons. The van der Waals surface area contributed by atoms with Crippen molar-refractivity contribution in [2.45, 2.75) is 52.1 Å². The molecule has 0 radical (unpaired) electrons. The summed E-state index contributed by atoms with van der Waals surface area (Å²) in [5.74, 6) is -1.07. The van der Waals surface area contributed by atoms with Gasteiger partial charge in [-0.3, -0.25) is 13.5 Å². The second-order valence-electron chi connectivity index (χ2n) is 5.61. The molecule has 0 saturated carbocycles. The van der Waals surface area contributed by atoms with Gasteiger partial charge in [-0.2, -0.15) is 8.42 Å². The number of carbonyl (C=O) groups is 2. The van der Waals surface area contributed by atoms with Gasteiger partial charge in [0, 0.05) is 4.88 Å². The minimum Gasteiger partial charge on any atom is -0.462 e. The van der Waals surface area contributed by atoms with Crippen molar-refractivity contribution in [1.29, 1.82) is 0 Å². The largest absolute Gasteiger partial charge is 0.462 e. The highest BCUT2D eigenvalue weighted by atomic mass is 33.2. The molecule has 2 rings (SSSR count). The van der Waals surface area contributed by atoms with E-state index in [4.69, 9.17) is 13.5 Å². The van der Waals surface area contributed by atoms with Crippen molar-refractivity contribution in [2.75, 3.05) is 11.9 Å². The number of ether oxygens (including phenoxy) is 1. The number of thiophene rings is 1. The summed E-state index contributed by atoms with van der Waals surface area (Å²) >= 11 is 1.16. The molecule has 0 aliphatic heterocycles. The molecule has 1 unspecified atom stereocenters. The molecule has 1 aromatic rings. The zero-order chi connectivity index (χ0) is 19.3. The number of hydrogen-bond acceptors (Lipinski definition) is 8. The smallest absolute Gasteiger partial charge is 0.345 e. The Bertz CT molecular complexity index is 772. The van der Waals surface area contributed by atoms with Crippen molar-refractivity contribution in [2.24, 2.45) is 0 Å². The first-order valence-electron chi connectivity index (χ1n) is 8.21. The van der Waals surface area contributed by atoms with Crippen LogP contribution in [0.1, 0.15) is 53.9 Å².